The summed E-state index contributed by atoms with van der Waals surface area (Å²) in [6.07, 6.45) is -0.586. The number of rotatable bonds is 6. The van der Waals surface area contributed by atoms with E-state index >= 15 is 0 Å². The molecule has 1 amide bonds. The van der Waals surface area contributed by atoms with E-state index in [-0.39, 0.29) is 5.91 Å². The average Bonchev–Trinajstić information content (AvgIpc) is 2.99. The minimum absolute atomic E-state index is 0.161. The molecule has 0 fully saturated rings. The van der Waals surface area contributed by atoms with Crippen LogP contribution in [0.5, 0.6) is 5.75 Å². The second-order valence-corrected chi connectivity index (χ2v) is 8.30. The molecule has 0 aliphatic rings. The summed E-state index contributed by atoms with van der Waals surface area (Å²) < 4.78 is 5.80. The topological polar surface area (TPSA) is 51.2 Å². The molecule has 4 nitrogen and oxygen atoms in total. The molecule has 0 aliphatic heterocycles. The molecule has 3 rings (SSSR count). The maximum Gasteiger partial charge on any atom is 0.261 e. The molecule has 1 N–H and O–H groups in total. The Kier molecular flexibility index (Phi) is 6.37. The number of aryl methyl sites for hydroxylation is 3. The Hall–Kier alpha value is -2.37. The lowest BCUT2D eigenvalue weighted by atomic mass is 10.1. The minimum Gasteiger partial charge on any atom is -0.481 e. The predicted octanol–water partition coefficient (Wildman–Crippen LogP) is 5.47. The van der Waals surface area contributed by atoms with Gasteiger partial charge in [0.2, 0.25) is 0 Å². The van der Waals surface area contributed by atoms with E-state index in [9.17, 15) is 4.79 Å². The number of hydrogen-bond donors (Lipinski definition) is 1. The molecule has 2 aromatic carbocycles. The summed E-state index contributed by atoms with van der Waals surface area (Å²) >= 11 is 7.81. The van der Waals surface area contributed by atoms with Crippen molar-refractivity contribution in [3.8, 4) is 16.3 Å². The van der Waals surface area contributed by atoms with E-state index in [1.807, 2.05) is 57.2 Å². The highest BCUT2D eigenvalue weighted by atomic mass is 35.5. The molecule has 1 heterocycles. The van der Waals surface area contributed by atoms with Gasteiger partial charge >= 0.3 is 0 Å². The maximum atomic E-state index is 12.5. The van der Waals surface area contributed by atoms with Crippen LogP contribution in [-0.4, -0.2) is 17.0 Å². The zero-order valence-corrected chi connectivity index (χ0v) is 17.9. The SMILES string of the molecule is Cc1cc(C)cc(OC(C)C(=O)NCc2sc(-c3ccccc3Cl)nc2C)c1. The molecular weight excluding hydrogens is 392 g/mol. The molecule has 6 heteroatoms. The number of carbonyl (C=O) groups excluding carboxylic acids is 1. The lowest BCUT2D eigenvalue weighted by Crippen LogP contribution is -2.35. The Labute approximate surface area is 174 Å². The van der Waals surface area contributed by atoms with Crippen LogP contribution in [0.4, 0.5) is 0 Å². The van der Waals surface area contributed by atoms with Crippen LogP contribution in [0.25, 0.3) is 10.6 Å². The zero-order chi connectivity index (χ0) is 20.3. The van der Waals surface area contributed by atoms with E-state index in [2.05, 4.69) is 16.4 Å². The van der Waals surface area contributed by atoms with Crippen molar-refractivity contribution < 1.29 is 9.53 Å². The highest BCUT2D eigenvalue weighted by molar-refractivity contribution is 7.15. The molecule has 0 spiro atoms. The standard InChI is InChI=1S/C22H23ClN2O2S/c1-13-9-14(2)11-17(10-13)27-16(4)21(26)24-12-20-15(3)25-22(28-20)18-7-5-6-8-19(18)23/h5-11,16H,12H2,1-4H3,(H,24,26). The van der Waals surface area contributed by atoms with E-state index in [4.69, 9.17) is 16.3 Å². The van der Waals surface area contributed by atoms with Crippen LogP contribution in [-0.2, 0) is 11.3 Å². The Balaban J connectivity index is 1.63. The van der Waals surface area contributed by atoms with E-state index < -0.39 is 6.10 Å². The van der Waals surface area contributed by atoms with Crippen molar-refractivity contribution in [1.29, 1.82) is 0 Å². The highest BCUT2D eigenvalue weighted by Crippen LogP contribution is 2.32. The molecule has 3 aromatic rings. The number of hydrogen-bond acceptors (Lipinski definition) is 4. The summed E-state index contributed by atoms with van der Waals surface area (Å²) in [6.45, 7) is 8.12. The van der Waals surface area contributed by atoms with Crippen molar-refractivity contribution in [3.63, 3.8) is 0 Å². The van der Waals surface area contributed by atoms with Crippen LogP contribution in [0.1, 0.15) is 28.6 Å². The maximum absolute atomic E-state index is 12.5. The van der Waals surface area contributed by atoms with Gasteiger partial charge in [-0.2, -0.15) is 0 Å². The normalized spacial score (nSPS) is 11.9. The fourth-order valence-electron chi connectivity index (χ4n) is 2.91. The number of amides is 1. The quantitative estimate of drug-likeness (QED) is 0.581. The summed E-state index contributed by atoms with van der Waals surface area (Å²) in [5.74, 6) is 0.543. The third-order valence-electron chi connectivity index (χ3n) is 4.30. The van der Waals surface area contributed by atoms with E-state index in [1.54, 1.807) is 6.92 Å². The molecular formula is C22H23ClN2O2S. The lowest BCUT2D eigenvalue weighted by molar-refractivity contribution is -0.127. The first-order valence-electron chi connectivity index (χ1n) is 9.07. The number of nitrogens with zero attached hydrogens (tertiary/aromatic N) is 1. The minimum atomic E-state index is -0.586. The van der Waals surface area contributed by atoms with Crippen molar-refractivity contribution in [3.05, 3.63) is 69.2 Å². The van der Waals surface area contributed by atoms with Gasteiger partial charge < -0.3 is 10.1 Å². The third kappa shape index (κ3) is 4.91. The fraction of sp³-hybridized carbons (Fsp3) is 0.273. The first-order chi connectivity index (χ1) is 13.3. The predicted molar refractivity (Wildman–Crippen MR) is 115 cm³/mol. The van der Waals surface area contributed by atoms with Crippen LogP contribution in [0.3, 0.4) is 0 Å². The molecule has 28 heavy (non-hydrogen) atoms. The van der Waals surface area contributed by atoms with Gasteiger partial charge in [-0.25, -0.2) is 4.98 Å². The second kappa shape index (κ2) is 8.76. The first kappa shape index (κ1) is 20.4. The van der Waals surface area contributed by atoms with Gasteiger partial charge in [0.15, 0.2) is 6.10 Å². The Morgan fingerprint density at radius 2 is 1.86 bits per heavy atom. The Morgan fingerprint density at radius 1 is 1.18 bits per heavy atom. The van der Waals surface area contributed by atoms with Crippen LogP contribution < -0.4 is 10.1 Å². The number of ether oxygens (including phenoxy) is 1. The lowest BCUT2D eigenvalue weighted by Gasteiger charge is -2.15. The first-order valence-corrected chi connectivity index (χ1v) is 10.3. The molecule has 1 unspecified atom stereocenters. The second-order valence-electron chi connectivity index (χ2n) is 6.81. The monoisotopic (exact) mass is 414 g/mol. The Bertz CT molecular complexity index is 980. The molecule has 1 aromatic heterocycles. The Morgan fingerprint density at radius 3 is 2.54 bits per heavy atom. The molecule has 0 radical (unpaired) electrons. The van der Waals surface area contributed by atoms with Gasteiger partial charge in [0.25, 0.3) is 5.91 Å². The van der Waals surface area contributed by atoms with Crippen molar-refractivity contribution in [2.24, 2.45) is 0 Å². The van der Waals surface area contributed by atoms with E-state index in [0.717, 1.165) is 32.3 Å². The molecule has 0 saturated carbocycles. The van der Waals surface area contributed by atoms with Gasteiger partial charge in [-0.1, -0.05) is 35.9 Å². The van der Waals surface area contributed by atoms with Crippen molar-refractivity contribution in [2.45, 2.75) is 40.3 Å². The van der Waals surface area contributed by atoms with Crippen LogP contribution in [0.15, 0.2) is 42.5 Å². The largest absolute Gasteiger partial charge is 0.481 e. The number of thiazole rings is 1. The zero-order valence-electron chi connectivity index (χ0n) is 16.4. The smallest absolute Gasteiger partial charge is 0.261 e. The molecule has 0 aliphatic carbocycles. The van der Waals surface area contributed by atoms with Gasteiger partial charge in [0.05, 0.1) is 17.3 Å². The molecule has 1 atom stereocenters. The fourth-order valence-corrected chi connectivity index (χ4v) is 4.23. The number of carbonyl (C=O) groups is 1. The number of benzene rings is 2. The molecule has 146 valence electrons. The summed E-state index contributed by atoms with van der Waals surface area (Å²) in [5.41, 5.74) is 4.01. The summed E-state index contributed by atoms with van der Waals surface area (Å²) in [6, 6.07) is 13.6. The number of nitrogens with one attached hydrogen (secondary N) is 1. The van der Waals surface area contributed by atoms with Crippen LogP contribution in [0, 0.1) is 20.8 Å². The van der Waals surface area contributed by atoms with Gasteiger partial charge in [-0.3, -0.25) is 4.79 Å². The van der Waals surface area contributed by atoms with Crippen molar-refractivity contribution >= 4 is 28.8 Å². The summed E-state index contributed by atoms with van der Waals surface area (Å²) in [7, 11) is 0. The number of aromatic nitrogens is 1. The third-order valence-corrected chi connectivity index (χ3v) is 5.82. The average molecular weight is 415 g/mol. The van der Waals surface area contributed by atoms with Gasteiger partial charge in [0.1, 0.15) is 10.8 Å². The van der Waals surface area contributed by atoms with E-state index in [0.29, 0.717) is 17.3 Å². The van der Waals surface area contributed by atoms with Gasteiger partial charge in [-0.05, 0) is 57.0 Å². The summed E-state index contributed by atoms with van der Waals surface area (Å²) in [4.78, 5) is 18.1. The van der Waals surface area contributed by atoms with Crippen LogP contribution in [0.2, 0.25) is 5.02 Å². The van der Waals surface area contributed by atoms with Crippen molar-refractivity contribution in [2.75, 3.05) is 0 Å². The van der Waals surface area contributed by atoms with Gasteiger partial charge in [-0.15, -0.1) is 11.3 Å². The summed E-state index contributed by atoms with van der Waals surface area (Å²) in [5, 5.41) is 4.46. The van der Waals surface area contributed by atoms with Crippen molar-refractivity contribution in [1.82, 2.24) is 10.3 Å². The highest BCUT2D eigenvalue weighted by Gasteiger charge is 2.17. The van der Waals surface area contributed by atoms with Gasteiger partial charge in [0, 0.05) is 10.4 Å². The van der Waals surface area contributed by atoms with Crippen LogP contribution >= 0.6 is 22.9 Å². The molecule has 0 saturated heterocycles. The number of halogens is 1. The molecule has 0 bridgehead atoms. The van der Waals surface area contributed by atoms with E-state index in [1.165, 1.54) is 11.3 Å².